The van der Waals surface area contributed by atoms with Crippen LogP contribution in [0.1, 0.15) is 69.4 Å². The molecule has 0 bridgehead atoms. The summed E-state index contributed by atoms with van der Waals surface area (Å²) in [5.41, 5.74) is 8.18. The molecule has 2 saturated heterocycles. The number of fused-ring (bicyclic) bond motifs is 1. The van der Waals surface area contributed by atoms with E-state index in [-0.39, 0.29) is 12.1 Å². The molecule has 13 heteroatoms. The van der Waals surface area contributed by atoms with Crippen LogP contribution < -0.4 is 15.5 Å². The molecule has 6 rings (SSSR count). The Balaban J connectivity index is 1.33. The smallest absolute Gasteiger partial charge is 0.410 e. The van der Waals surface area contributed by atoms with Crippen LogP contribution in [0, 0.1) is 11.3 Å². The van der Waals surface area contributed by atoms with Gasteiger partial charge in [0, 0.05) is 74.0 Å². The van der Waals surface area contributed by atoms with Gasteiger partial charge in [0.25, 0.3) is 0 Å². The van der Waals surface area contributed by atoms with Crippen LogP contribution in [0.3, 0.4) is 0 Å². The highest BCUT2D eigenvalue weighted by atomic mass is 32.1. The number of pyridine rings is 1. The molecule has 240 valence electrons. The van der Waals surface area contributed by atoms with Gasteiger partial charge in [-0.05, 0) is 67.0 Å². The lowest BCUT2D eigenvalue weighted by Crippen LogP contribution is -2.51. The van der Waals surface area contributed by atoms with E-state index in [1.54, 1.807) is 4.90 Å². The predicted octanol–water partition coefficient (Wildman–Crippen LogP) is 4.49. The molecule has 0 spiro atoms. The molecule has 1 aliphatic carbocycles. The van der Waals surface area contributed by atoms with Crippen molar-refractivity contribution in [2.24, 2.45) is 0 Å². The van der Waals surface area contributed by atoms with Crippen molar-refractivity contribution in [2.45, 2.75) is 70.9 Å². The summed E-state index contributed by atoms with van der Waals surface area (Å²) in [5, 5.41) is 14.9. The van der Waals surface area contributed by atoms with Gasteiger partial charge >= 0.3 is 6.09 Å². The maximum absolute atomic E-state index is 12.7. The van der Waals surface area contributed by atoms with Crippen molar-refractivity contribution in [3.63, 3.8) is 0 Å². The number of ether oxygens (including phenoxy) is 1. The maximum atomic E-state index is 12.7. The number of amides is 1. The van der Waals surface area contributed by atoms with Crippen molar-refractivity contribution in [1.82, 2.24) is 24.9 Å². The number of nitriles is 1. The Morgan fingerprint density at radius 2 is 1.93 bits per heavy atom. The first-order valence-electron chi connectivity index (χ1n) is 15.7. The molecular formula is C32H43N9O3S. The minimum atomic E-state index is -0.609. The molecule has 3 aromatic rings. The Hall–Kier alpha value is -3.89. The van der Waals surface area contributed by atoms with Crippen LogP contribution in [0.4, 0.5) is 21.3 Å². The molecule has 0 unspecified atom stereocenters. The number of likely N-dealkylation sites (N-methyl/N-ethyl adjacent to an activating group) is 1. The first kappa shape index (κ1) is 31.1. The van der Waals surface area contributed by atoms with E-state index in [4.69, 9.17) is 25.0 Å². The number of aromatic nitrogens is 3. The third kappa shape index (κ3) is 6.05. The van der Waals surface area contributed by atoms with Gasteiger partial charge < -0.3 is 34.6 Å². The number of aryl methyl sites for hydroxylation is 1. The van der Waals surface area contributed by atoms with Gasteiger partial charge in [0.1, 0.15) is 28.2 Å². The van der Waals surface area contributed by atoms with E-state index in [1.165, 1.54) is 11.3 Å². The van der Waals surface area contributed by atoms with Crippen molar-refractivity contribution in [2.75, 3.05) is 68.4 Å². The molecule has 0 saturated carbocycles. The molecule has 45 heavy (non-hydrogen) atoms. The average molecular weight is 634 g/mol. The lowest BCUT2D eigenvalue weighted by molar-refractivity contribution is 0.0240. The number of piperazine rings is 2. The molecule has 0 aromatic carbocycles. The van der Waals surface area contributed by atoms with Gasteiger partial charge in [-0.3, -0.25) is 0 Å². The fourth-order valence-corrected chi connectivity index (χ4v) is 7.95. The number of nitrogens with zero attached hydrogens (tertiary/aromatic N) is 8. The molecule has 1 amide bonds. The van der Waals surface area contributed by atoms with E-state index in [1.807, 2.05) is 26.8 Å². The number of anilines is 3. The Bertz CT molecular complexity index is 1610. The van der Waals surface area contributed by atoms with E-state index in [0.717, 1.165) is 60.8 Å². The summed E-state index contributed by atoms with van der Waals surface area (Å²) < 4.78 is 11.6. The third-order valence-corrected chi connectivity index (χ3v) is 10.2. The monoisotopic (exact) mass is 633 g/mol. The summed E-state index contributed by atoms with van der Waals surface area (Å²) in [7, 11) is 2.14. The summed E-state index contributed by atoms with van der Waals surface area (Å²) in [6, 6.07) is 6.74. The highest BCUT2D eigenvalue weighted by molar-refractivity contribution is 7.16. The van der Waals surface area contributed by atoms with Gasteiger partial charge in [-0.15, -0.1) is 11.3 Å². The van der Waals surface area contributed by atoms with Gasteiger partial charge in [0.05, 0.1) is 11.0 Å². The molecule has 5 heterocycles. The second-order valence-corrected chi connectivity index (χ2v) is 14.8. The molecule has 3 aromatic heterocycles. The topological polar surface area (TPSA) is 141 Å². The largest absolute Gasteiger partial charge is 0.444 e. The second kappa shape index (κ2) is 11.8. The molecular weight excluding hydrogens is 590 g/mol. The number of rotatable bonds is 4. The van der Waals surface area contributed by atoms with E-state index < -0.39 is 11.0 Å². The number of hydrogen-bond donors (Lipinski definition) is 1. The van der Waals surface area contributed by atoms with Crippen molar-refractivity contribution in [3.05, 3.63) is 34.0 Å². The number of carbonyl (C=O) groups excluding carboxylic acids is 1. The molecule has 3 aliphatic rings. The van der Waals surface area contributed by atoms with Gasteiger partial charge in [0.15, 0.2) is 0 Å². The normalized spacial score (nSPS) is 22.7. The third-order valence-electron chi connectivity index (χ3n) is 9.10. The van der Waals surface area contributed by atoms with Gasteiger partial charge in [-0.25, -0.2) is 9.78 Å². The predicted molar refractivity (Wildman–Crippen MR) is 175 cm³/mol. The van der Waals surface area contributed by atoms with Crippen LogP contribution in [0.2, 0.25) is 0 Å². The van der Waals surface area contributed by atoms with Crippen LogP contribution in [-0.2, 0) is 16.6 Å². The molecule has 2 fully saturated rings. The Kier molecular flexibility index (Phi) is 8.16. The Morgan fingerprint density at radius 1 is 1.18 bits per heavy atom. The second-order valence-electron chi connectivity index (χ2n) is 13.7. The van der Waals surface area contributed by atoms with E-state index in [9.17, 15) is 10.1 Å². The van der Waals surface area contributed by atoms with Gasteiger partial charge in [0.2, 0.25) is 11.7 Å². The Labute approximate surface area is 268 Å². The minimum absolute atomic E-state index is 0.275. The highest BCUT2D eigenvalue weighted by Crippen LogP contribution is 2.48. The van der Waals surface area contributed by atoms with Crippen molar-refractivity contribution < 1.29 is 14.1 Å². The summed E-state index contributed by atoms with van der Waals surface area (Å²) >= 11 is 1.49. The van der Waals surface area contributed by atoms with E-state index in [2.05, 4.69) is 52.9 Å². The summed E-state index contributed by atoms with van der Waals surface area (Å²) in [6.07, 6.45) is 2.34. The van der Waals surface area contributed by atoms with E-state index in [0.29, 0.717) is 54.2 Å². The molecule has 2 N–H and O–H groups in total. The fourth-order valence-electron chi connectivity index (χ4n) is 6.76. The number of nitrogen functional groups attached to an aromatic ring is 1. The number of thiophene rings is 1. The summed E-state index contributed by atoms with van der Waals surface area (Å²) in [5.74, 6) is 1.75. The van der Waals surface area contributed by atoms with Crippen molar-refractivity contribution in [3.8, 4) is 17.6 Å². The fraction of sp³-hybridized carbons (Fsp3) is 0.594. The molecule has 2 aliphatic heterocycles. The SMILES string of the molecule is C[C@@H]1CN(C)CCN1c1cc(N2CCN(C(=O)OC(C)(C)C)CC2)cc(-c2noc([C@@]3(C)CCCc4sc(N)c(C#N)c43)n2)n1. The lowest BCUT2D eigenvalue weighted by Gasteiger charge is -2.40. The minimum Gasteiger partial charge on any atom is -0.444 e. The zero-order valence-corrected chi connectivity index (χ0v) is 27.9. The van der Waals surface area contributed by atoms with Crippen LogP contribution in [0.15, 0.2) is 16.7 Å². The molecule has 0 radical (unpaired) electrons. The number of carbonyl (C=O) groups is 1. The molecule has 12 nitrogen and oxygen atoms in total. The van der Waals surface area contributed by atoms with Crippen LogP contribution in [0.5, 0.6) is 0 Å². The highest BCUT2D eigenvalue weighted by Gasteiger charge is 2.43. The Morgan fingerprint density at radius 3 is 2.62 bits per heavy atom. The maximum Gasteiger partial charge on any atom is 0.410 e. The lowest BCUT2D eigenvalue weighted by atomic mass is 9.72. The van der Waals surface area contributed by atoms with Crippen LogP contribution in [0.25, 0.3) is 11.5 Å². The van der Waals surface area contributed by atoms with Crippen LogP contribution in [-0.4, -0.2) is 95.5 Å². The van der Waals surface area contributed by atoms with Gasteiger partial charge in [-0.1, -0.05) is 5.16 Å². The first-order valence-corrected chi connectivity index (χ1v) is 16.5. The number of nitrogens with two attached hydrogens (primary N) is 1. The quantitative estimate of drug-likeness (QED) is 0.435. The summed E-state index contributed by atoms with van der Waals surface area (Å²) in [4.78, 5) is 32.6. The zero-order chi connectivity index (χ0) is 32.1. The van der Waals surface area contributed by atoms with Crippen molar-refractivity contribution in [1.29, 1.82) is 5.26 Å². The van der Waals surface area contributed by atoms with Crippen molar-refractivity contribution >= 4 is 33.9 Å². The summed E-state index contributed by atoms with van der Waals surface area (Å²) in [6.45, 7) is 15.1. The van der Waals surface area contributed by atoms with Gasteiger partial charge in [-0.2, -0.15) is 10.2 Å². The number of hydrogen-bond acceptors (Lipinski definition) is 12. The van der Waals surface area contributed by atoms with E-state index >= 15 is 0 Å². The average Bonchev–Trinajstić information content (AvgIpc) is 3.62. The van der Waals surface area contributed by atoms with Crippen LogP contribution >= 0.6 is 11.3 Å². The first-order chi connectivity index (χ1) is 21.4. The molecule has 2 atom stereocenters. The zero-order valence-electron chi connectivity index (χ0n) is 27.1. The standard InChI is InChI=1S/C32H43N9O3S/c1-20-19-38(6)10-15-41(20)25-17-21(39-11-13-40(14-12-39)30(42)43-31(2,3)4)16-23(35-25)28-36-29(44-37-28)32(5)9-7-8-24-26(32)22(18-33)27(34)45-24/h16-17,20H,7-15,19,34H2,1-6H3/t20-,32+/m1/s1.